The maximum atomic E-state index is 11.9. The fourth-order valence-corrected chi connectivity index (χ4v) is 3.60. The molecule has 1 aliphatic rings. The molecule has 3 heterocycles. The van der Waals surface area contributed by atoms with Crippen molar-refractivity contribution in [2.75, 3.05) is 25.6 Å². The summed E-state index contributed by atoms with van der Waals surface area (Å²) in [6.45, 7) is 4.17. The molecule has 3 rings (SSSR count). The minimum absolute atomic E-state index is 0.0724. The van der Waals surface area contributed by atoms with Gasteiger partial charge in [-0.05, 0) is 0 Å². The molecule has 0 N–H and O–H groups in total. The second-order valence-electron chi connectivity index (χ2n) is 8.16. The standard InChI is InChI=1S/C22H27N5O10/c1-10(28)32-8-14-17(33-11(2)29)18(34-12(3)30)19(35-13(4)31)22(36-14)37-15-7-23-16-20(26-15)24-9-25-21(16)27(5)6/h7,9,14,17-19,22H,8H2,1-6H3/t14-,17-,18?,19-,22+/m1/s1. The van der Waals surface area contributed by atoms with Crippen molar-refractivity contribution in [2.24, 2.45) is 0 Å². The Labute approximate surface area is 211 Å². The molecule has 0 saturated carbocycles. The molecule has 5 atom stereocenters. The molecule has 0 aliphatic carbocycles. The number of anilines is 1. The molecule has 0 radical (unpaired) electrons. The first-order chi connectivity index (χ1) is 17.5. The number of nitrogens with zero attached hydrogens (tertiary/aromatic N) is 5. The van der Waals surface area contributed by atoms with Crippen LogP contribution in [-0.4, -0.2) is 95.2 Å². The van der Waals surface area contributed by atoms with E-state index in [1.807, 2.05) is 0 Å². The van der Waals surface area contributed by atoms with Crippen LogP contribution in [0, 0.1) is 0 Å². The highest BCUT2D eigenvalue weighted by Gasteiger charge is 2.53. The van der Waals surface area contributed by atoms with E-state index in [9.17, 15) is 19.2 Å². The highest BCUT2D eigenvalue weighted by molar-refractivity contribution is 5.82. The number of ether oxygens (including phenoxy) is 6. The molecule has 1 aliphatic heterocycles. The fraction of sp³-hybridized carbons (Fsp3) is 0.545. The number of hydrogen-bond acceptors (Lipinski definition) is 15. The van der Waals surface area contributed by atoms with E-state index in [0.717, 1.165) is 20.8 Å². The lowest BCUT2D eigenvalue weighted by molar-refractivity contribution is -0.289. The van der Waals surface area contributed by atoms with E-state index < -0.39 is 54.6 Å². The lowest BCUT2D eigenvalue weighted by Crippen LogP contribution is -2.63. The molecule has 2 aromatic rings. The topological polar surface area (TPSA) is 178 Å². The van der Waals surface area contributed by atoms with E-state index >= 15 is 0 Å². The summed E-state index contributed by atoms with van der Waals surface area (Å²) in [6, 6.07) is 0. The van der Waals surface area contributed by atoms with Crippen molar-refractivity contribution in [3.05, 3.63) is 12.5 Å². The molecule has 15 nitrogen and oxygen atoms in total. The lowest BCUT2D eigenvalue weighted by Gasteiger charge is -2.43. The van der Waals surface area contributed by atoms with Crippen LogP contribution < -0.4 is 9.64 Å². The molecule has 1 unspecified atom stereocenters. The Morgan fingerprint density at radius 1 is 0.865 bits per heavy atom. The van der Waals surface area contributed by atoms with Crippen LogP contribution in [0.25, 0.3) is 11.2 Å². The normalized spacial score (nSPS) is 23.0. The maximum Gasteiger partial charge on any atom is 0.303 e. The van der Waals surface area contributed by atoms with Gasteiger partial charge in [-0.15, -0.1) is 0 Å². The Morgan fingerprint density at radius 3 is 2.08 bits per heavy atom. The molecule has 1 saturated heterocycles. The van der Waals surface area contributed by atoms with Crippen molar-refractivity contribution in [3.8, 4) is 5.88 Å². The monoisotopic (exact) mass is 521 g/mol. The van der Waals surface area contributed by atoms with Crippen LogP contribution in [0.2, 0.25) is 0 Å². The molecule has 200 valence electrons. The number of fused-ring (bicyclic) bond motifs is 1. The van der Waals surface area contributed by atoms with Crippen molar-refractivity contribution < 1.29 is 47.6 Å². The van der Waals surface area contributed by atoms with Gasteiger partial charge in [-0.25, -0.2) is 15.0 Å². The summed E-state index contributed by atoms with van der Waals surface area (Å²) in [4.78, 5) is 65.8. The summed E-state index contributed by atoms with van der Waals surface area (Å²) in [5, 5.41) is 0. The van der Waals surface area contributed by atoms with Crippen LogP contribution in [0.1, 0.15) is 27.7 Å². The molecule has 1 fully saturated rings. The molecule has 2 aromatic heterocycles. The summed E-state index contributed by atoms with van der Waals surface area (Å²) in [7, 11) is 3.57. The van der Waals surface area contributed by atoms with Crippen LogP contribution >= 0.6 is 0 Å². The highest BCUT2D eigenvalue weighted by Crippen LogP contribution is 2.31. The summed E-state index contributed by atoms with van der Waals surface area (Å²) < 4.78 is 32.9. The number of esters is 4. The zero-order chi connectivity index (χ0) is 27.3. The molecular weight excluding hydrogens is 494 g/mol. The Morgan fingerprint density at radius 2 is 1.49 bits per heavy atom. The minimum atomic E-state index is -1.44. The maximum absolute atomic E-state index is 11.9. The quantitative estimate of drug-likeness (QED) is 0.333. The van der Waals surface area contributed by atoms with Gasteiger partial charge in [0.2, 0.25) is 18.3 Å². The molecule has 0 amide bonds. The fourth-order valence-electron chi connectivity index (χ4n) is 3.60. The Kier molecular flexibility index (Phi) is 8.70. The second kappa shape index (κ2) is 11.7. The van der Waals surface area contributed by atoms with Gasteiger partial charge >= 0.3 is 23.9 Å². The summed E-state index contributed by atoms with van der Waals surface area (Å²) in [5.74, 6) is -2.44. The zero-order valence-corrected chi connectivity index (χ0v) is 21.1. The smallest absolute Gasteiger partial charge is 0.303 e. The first-order valence-electron chi connectivity index (χ1n) is 11.1. The predicted octanol–water partition coefficient (Wildman–Crippen LogP) is -0.0523. The summed E-state index contributed by atoms with van der Waals surface area (Å²) in [6.07, 6.45) is -4.09. The van der Waals surface area contributed by atoms with Gasteiger partial charge in [-0.1, -0.05) is 0 Å². The third-order valence-electron chi connectivity index (χ3n) is 4.91. The van der Waals surface area contributed by atoms with E-state index in [1.54, 1.807) is 19.0 Å². The Hall–Kier alpha value is -4.14. The number of carbonyl (C=O) groups excluding carboxylic acids is 4. The SMILES string of the molecule is CC(=O)OC[C@H]1O[C@@H](Oc2cnc3c(N(C)C)ncnc3n2)[C@H](OC(C)=O)C(OC(C)=O)[C@@H]1OC(C)=O. The van der Waals surface area contributed by atoms with Crippen molar-refractivity contribution >= 4 is 40.9 Å². The van der Waals surface area contributed by atoms with Gasteiger partial charge in [0.25, 0.3) is 0 Å². The molecular formula is C22H27N5O10. The number of aromatic nitrogens is 4. The molecule has 37 heavy (non-hydrogen) atoms. The first kappa shape index (κ1) is 27.4. The van der Waals surface area contributed by atoms with E-state index in [0.29, 0.717) is 11.3 Å². The van der Waals surface area contributed by atoms with Crippen LogP contribution in [0.5, 0.6) is 5.88 Å². The minimum Gasteiger partial charge on any atom is -0.463 e. The molecule has 0 spiro atoms. The van der Waals surface area contributed by atoms with Crippen molar-refractivity contribution in [1.29, 1.82) is 0 Å². The average molecular weight is 521 g/mol. The number of rotatable bonds is 8. The second-order valence-corrected chi connectivity index (χ2v) is 8.16. The largest absolute Gasteiger partial charge is 0.463 e. The van der Waals surface area contributed by atoms with Crippen LogP contribution in [0.3, 0.4) is 0 Å². The van der Waals surface area contributed by atoms with Gasteiger partial charge in [0.05, 0.1) is 6.20 Å². The van der Waals surface area contributed by atoms with Gasteiger partial charge in [-0.3, -0.25) is 19.2 Å². The van der Waals surface area contributed by atoms with E-state index in [4.69, 9.17) is 28.4 Å². The predicted molar refractivity (Wildman–Crippen MR) is 122 cm³/mol. The lowest BCUT2D eigenvalue weighted by atomic mass is 9.98. The molecule has 0 bridgehead atoms. The third-order valence-corrected chi connectivity index (χ3v) is 4.91. The van der Waals surface area contributed by atoms with Crippen molar-refractivity contribution in [1.82, 2.24) is 19.9 Å². The highest BCUT2D eigenvalue weighted by atomic mass is 16.7. The van der Waals surface area contributed by atoms with Gasteiger partial charge < -0.3 is 33.3 Å². The average Bonchev–Trinajstić information content (AvgIpc) is 2.80. The third kappa shape index (κ3) is 6.97. The summed E-state index contributed by atoms with van der Waals surface area (Å²) >= 11 is 0. The zero-order valence-electron chi connectivity index (χ0n) is 21.1. The number of hydrogen-bond donors (Lipinski definition) is 0. The first-order valence-corrected chi connectivity index (χ1v) is 11.1. The van der Waals surface area contributed by atoms with E-state index in [1.165, 1.54) is 19.4 Å². The van der Waals surface area contributed by atoms with Gasteiger partial charge in [0, 0.05) is 41.8 Å². The van der Waals surface area contributed by atoms with Crippen molar-refractivity contribution in [3.63, 3.8) is 0 Å². The van der Waals surface area contributed by atoms with E-state index in [2.05, 4.69) is 19.9 Å². The van der Waals surface area contributed by atoms with Gasteiger partial charge in [-0.2, -0.15) is 4.98 Å². The molecule has 15 heteroatoms. The van der Waals surface area contributed by atoms with E-state index in [-0.39, 0.29) is 18.1 Å². The summed E-state index contributed by atoms with van der Waals surface area (Å²) in [5.41, 5.74) is 0.614. The van der Waals surface area contributed by atoms with Gasteiger partial charge in [0.15, 0.2) is 29.2 Å². The van der Waals surface area contributed by atoms with Crippen molar-refractivity contribution in [2.45, 2.75) is 58.4 Å². The molecule has 0 aromatic carbocycles. The Balaban J connectivity index is 2.01. The van der Waals surface area contributed by atoms with Gasteiger partial charge in [0.1, 0.15) is 19.0 Å². The van der Waals surface area contributed by atoms with Crippen LogP contribution in [-0.2, 0) is 42.9 Å². The van der Waals surface area contributed by atoms with Crippen LogP contribution in [0.15, 0.2) is 12.5 Å². The van der Waals surface area contributed by atoms with Crippen LogP contribution in [0.4, 0.5) is 5.82 Å². The Bertz CT molecular complexity index is 1180. The number of carbonyl (C=O) groups is 4.